The number of unbranched alkanes of at least 4 members (excludes halogenated alkanes) is 3. The fourth-order valence-corrected chi connectivity index (χ4v) is 1.71. The lowest BCUT2D eigenvalue weighted by molar-refractivity contribution is 0.273. The monoisotopic (exact) mass is 236 g/mol. The number of hydrogen-bond acceptors (Lipinski definition) is 2. The van der Waals surface area contributed by atoms with Crippen molar-refractivity contribution < 1.29 is 9.84 Å². The van der Waals surface area contributed by atoms with Crippen LogP contribution >= 0.6 is 0 Å². The van der Waals surface area contributed by atoms with Crippen LogP contribution < -0.4 is 4.74 Å². The Hall–Kier alpha value is -1.02. The molecule has 0 spiro atoms. The third kappa shape index (κ3) is 5.73. The standard InChI is InChI=1S/C15H24O2/c1-13(2)14-7-9-15(10-8-14)17-12-6-4-3-5-11-16/h7-10,13,16H,3-6,11-12H2,1-2H3. The fourth-order valence-electron chi connectivity index (χ4n) is 1.71. The maximum Gasteiger partial charge on any atom is 0.119 e. The molecule has 0 heterocycles. The Bertz CT molecular complexity index is 290. The molecule has 0 unspecified atom stereocenters. The van der Waals surface area contributed by atoms with Crippen LogP contribution in [-0.2, 0) is 0 Å². The van der Waals surface area contributed by atoms with E-state index in [9.17, 15) is 0 Å². The van der Waals surface area contributed by atoms with Gasteiger partial charge in [-0.1, -0.05) is 32.4 Å². The summed E-state index contributed by atoms with van der Waals surface area (Å²) in [7, 11) is 0. The molecule has 0 bridgehead atoms. The molecular formula is C15H24O2. The van der Waals surface area contributed by atoms with Crippen molar-refractivity contribution in [3.8, 4) is 5.75 Å². The maximum atomic E-state index is 8.64. The van der Waals surface area contributed by atoms with Gasteiger partial charge in [0, 0.05) is 6.61 Å². The van der Waals surface area contributed by atoms with Crippen molar-refractivity contribution >= 4 is 0 Å². The number of aliphatic hydroxyl groups is 1. The van der Waals surface area contributed by atoms with E-state index in [1.165, 1.54) is 5.56 Å². The third-order valence-electron chi connectivity index (χ3n) is 2.87. The number of aliphatic hydroxyl groups excluding tert-OH is 1. The Balaban J connectivity index is 2.19. The molecule has 0 fully saturated rings. The van der Waals surface area contributed by atoms with Crippen LogP contribution in [0.3, 0.4) is 0 Å². The van der Waals surface area contributed by atoms with E-state index in [0.29, 0.717) is 12.5 Å². The summed E-state index contributed by atoms with van der Waals surface area (Å²) < 4.78 is 5.66. The molecule has 0 amide bonds. The molecule has 0 atom stereocenters. The van der Waals surface area contributed by atoms with E-state index in [1.54, 1.807) is 0 Å². The predicted octanol–water partition coefficient (Wildman–Crippen LogP) is 3.74. The molecule has 1 aromatic carbocycles. The van der Waals surface area contributed by atoms with Gasteiger partial charge in [-0.2, -0.15) is 0 Å². The molecule has 96 valence electrons. The Labute approximate surface area is 105 Å². The van der Waals surface area contributed by atoms with E-state index in [1.807, 2.05) is 12.1 Å². The molecule has 17 heavy (non-hydrogen) atoms. The summed E-state index contributed by atoms with van der Waals surface area (Å²) in [4.78, 5) is 0. The summed E-state index contributed by atoms with van der Waals surface area (Å²) in [5.74, 6) is 1.53. The molecule has 2 nitrogen and oxygen atoms in total. The Morgan fingerprint density at radius 1 is 1.00 bits per heavy atom. The summed E-state index contributed by atoms with van der Waals surface area (Å²) in [6.45, 7) is 5.46. The highest BCUT2D eigenvalue weighted by molar-refractivity contribution is 5.28. The van der Waals surface area contributed by atoms with Gasteiger partial charge >= 0.3 is 0 Å². The van der Waals surface area contributed by atoms with Gasteiger partial charge < -0.3 is 9.84 Å². The van der Waals surface area contributed by atoms with Crippen molar-refractivity contribution in [1.82, 2.24) is 0 Å². The van der Waals surface area contributed by atoms with E-state index in [4.69, 9.17) is 9.84 Å². The average molecular weight is 236 g/mol. The first kappa shape index (κ1) is 14.0. The zero-order valence-corrected chi connectivity index (χ0v) is 11.0. The van der Waals surface area contributed by atoms with Crippen LogP contribution in [0.15, 0.2) is 24.3 Å². The zero-order valence-electron chi connectivity index (χ0n) is 11.0. The second kappa shape index (κ2) is 8.13. The lowest BCUT2D eigenvalue weighted by atomic mass is 10.0. The Kier molecular flexibility index (Phi) is 6.71. The summed E-state index contributed by atoms with van der Waals surface area (Å²) in [6.07, 6.45) is 4.19. The number of ether oxygens (including phenoxy) is 1. The lowest BCUT2D eigenvalue weighted by Gasteiger charge is -2.08. The van der Waals surface area contributed by atoms with Gasteiger partial charge in [-0.15, -0.1) is 0 Å². The predicted molar refractivity (Wildman–Crippen MR) is 71.6 cm³/mol. The topological polar surface area (TPSA) is 29.5 Å². The first-order valence-corrected chi connectivity index (χ1v) is 6.57. The number of benzene rings is 1. The molecule has 0 saturated carbocycles. The van der Waals surface area contributed by atoms with E-state index < -0.39 is 0 Å². The van der Waals surface area contributed by atoms with Crippen LogP contribution in [0.5, 0.6) is 5.75 Å². The first-order chi connectivity index (χ1) is 8.24. The average Bonchev–Trinajstić information content (AvgIpc) is 2.34. The molecule has 0 aliphatic rings. The fraction of sp³-hybridized carbons (Fsp3) is 0.600. The van der Waals surface area contributed by atoms with E-state index >= 15 is 0 Å². The molecule has 1 aromatic rings. The van der Waals surface area contributed by atoms with Gasteiger partial charge in [0.25, 0.3) is 0 Å². The van der Waals surface area contributed by atoms with Crippen molar-refractivity contribution in [2.24, 2.45) is 0 Å². The highest BCUT2D eigenvalue weighted by Gasteiger charge is 1.99. The minimum absolute atomic E-state index is 0.303. The molecular weight excluding hydrogens is 212 g/mol. The van der Waals surface area contributed by atoms with Crippen LogP contribution in [0.2, 0.25) is 0 Å². The molecule has 0 saturated heterocycles. The summed E-state index contributed by atoms with van der Waals surface area (Å²) >= 11 is 0. The number of hydrogen-bond donors (Lipinski definition) is 1. The van der Waals surface area contributed by atoms with Gasteiger partial charge in [0.2, 0.25) is 0 Å². The van der Waals surface area contributed by atoms with Crippen molar-refractivity contribution in [3.63, 3.8) is 0 Å². The molecule has 0 aliphatic carbocycles. The molecule has 1 rings (SSSR count). The zero-order chi connectivity index (χ0) is 12.5. The van der Waals surface area contributed by atoms with E-state index in [0.717, 1.165) is 38.0 Å². The van der Waals surface area contributed by atoms with Crippen molar-refractivity contribution in [1.29, 1.82) is 0 Å². The second-order valence-corrected chi connectivity index (χ2v) is 4.71. The second-order valence-electron chi connectivity index (χ2n) is 4.71. The quantitative estimate of drug-likeness (QED) is 0.697. The van der Waals surface area contributed by atoms with Crippen LogP contribution in [0.1, 0.15) is 51.0 Å². The summed E-state index contributed by atoms with van der Waals surface area (Å²) in [6, 6.07) is 8.35. The van der Waals surface area contributed by atoms with Gasteiger partial charge in [-0.05, 0) is 42.9 Å². The first-order valence-electron chi connectivity index (χ1n) is 6.57. The van der Waals surface area contributed by atoms with Crippen molar-refractivity contribution in [3.05, 3.63) is 29.8 Å². The number of rotatable bonds is 8. The molecule has 2 heteroatoms. The van der Waals surface area contributed by atoms with Gasteiger partial charge in [-0.3, -0.25) is 0 Å². The van der Waals surface area contributed by atoms with Gasteiger partial charge in [0.05, 0.1) is 6.61 Å². The summed E-state index contributed by atoms with van der Waals surface area (Å²) in [5, 5.41) is 8.64. The van der Waals surface area contributed by atoms with E-state index in [2.05, 4.69) is 26.0 Å². The smallest absolute Gasteiger partial charge is 0.119 e. The highest BCUT2D eigenvalue weighted by atomic mass is 16.5. The highest BCUT2D eigenvalue weighted by Crippen LogP contribution is 2.18. The minimum Gasteiger partial charge on any atom is -0.494 e. The Morgan fingerprint density at radius 2 is 1.65 bits per heavy atom. The minimum atomic E-state index is 0.303. The summed E-state index contributed by atoms with van der Waals surface area (Å²) in [5.41, 5.74) is 1.35. The van der Waals surface area contributed by atoms with Gasteiger partial charge in [0.15, 0.2) is 0 Å². The largest absolute Gasteiger partial charge is 0.494 e. The van der Waals surface area contributed by atoms with Gasteiger partial charge in [-0.25, -0.2) is 0 Å². The van der Waals surface area contributed by atoms with Crippen molar-refractivity contribution in [2.45, 2.75) is 45.4 Å². The lowest BCUT2D eigenvalue weighted by Crippen LogP contribution is -1.98. The van der Waals surface area contributed by atoms with Crippen molar-refractivity contribution in [2.75, 3.05) is 13.2 Å². The molecule has 0 aromatic heterocycles. The van der Waals surface area contributed by atoms with Crippen LogP contribution in [0.25, 0.3) is 0 Å². The normalized spacial score (nSPS) is 10.8. The van der Waals surface area contributed by atoms with E-state index in [-0.39, 0.29) is 0 Å². The van der Waals surface area contributed by atoms with Gasteiger partial charge in [0.1, 0.15) is 5.75 Å². The maximum absolute atomic E-state index is 8.64. The van der Waals surface area contributed by atoms with Crippen LogP contribution in [0, 0.1) is 0 Å². The van der Waals surface area contributed by atoms with Crippen LogP contribution in [0.4, 0.5) is 0 Å². The third-order valence-corrected chi connectivity index (χ3v) is 2.87. The Morgan fingerprint density at radius 3 is 2.24 bits per heavy atom. The SMILES string of the molecule is CC(C)c1ccc(OCCCCCCO)cc1. The molecule has 1 N–H and O–H groups in total. The molecule has 0 aliphatic heterocycles. The molecule has 0 radical (unpaired) electrons. The van der Waals surface area contributed by atoms with Crippen LogP contribution in [-0.4, -0.2) is 18.3 Å².